The van der Waals surface area contributed by atoms with Crippen molar-refractivity contribution in [3.8, 4) is 17.2 Å². The third kappa shape index (κ3) is 3.52. The predicted molar refractivity (Wildman–Crippen MR) is 113 cm³/mol. The molecule has 0 spiro atoms. The molecule has 0 saturated heterocycles. The molecule has 2 heterocycles. The Morgan fingerprint density at radius 1 is 1.00 bits per heavy atom. The lowest BCUT2D eigenvalue weighted by Gasteiger charge is -2.09. The number of carbonyl (C=O) groups is 1. The van der Waals surface area contributed by atoms with Gasteiger partial charge in [-0.1, -0.05) is 42.1 Å². The van der Waals surface area contributed by atoms with Crippen LogP contribution in [0, 0.1) is 0 Å². The van der Waals surface area contributed by atoms with Gasteiger partial charge in [0.05, 0.1) is 16.8 Å². The summed E-state index contributed by atoms with van der Waals surface area (Å²) in [5, 5.41) is 3.68. The van der Waals surface area contributed by atoms with E-state index < -0.39 is 0 Å². The van der Waals surface area contributed by atoms with E-state index in [4.69, 9.17) is 14.5 Å². The summed E-state index contributed by atoms with van der Waals surface area (Å²) in [5.74, 6) is 1.46. The highest BCUT2D eigenvalue weighted by molar-refractivity contribution is 7.99. The molecular weight excluding hydrogens is 386 g/mol. The fourth-order valence-corrected chi connectivity index (χ4v) is 4.06. The van der Waals surface area contributed by atoms with Crippen molar-refractivity contribution >= 4 is 34.4 Å². The fourth-order valence-electron chi connectivity index (χ4n) is 3.23. The van der Waals surface area contributed by atoms with E-state index in [1.807, 2.05) is 54.6 Å². The lowest BCUT2D eigenvalue weighted by molar-refractivity contribution is -0.113. The van der Waals surface area contributed by atoms with Crippen LogP contribution in [0.3, 0.4) is 0 Å². The molecule has 0 atom stereocenters. The molecule has 0 radical (unpaired) electrons. The van der Waals surface area contributed by atoms with Gasteiger partial charge >= 0.3 is 0 Å². The van der Waals surface area contributed by atoms with E-state index in [2.05, 4.69) is 9.88 Å². The Bertz CT molecular complexity index is 1190. The molecule has 1 aromatic heterocycles. The summed E-state index contributed by atoms with van der Waals surface area (Å²) in [6.07, 6.45) is 0. The molecule has 144 valence electrons. The van der Waals surface area contributed by atoms with Crippen molar-refractivity contribution in [3.05, 3.63) is 72.8 Å². The molecule has 1 aliphatic rings. The van der Waals surface area contributed by atoms with Crippen LogP contribution in [0.4, 0.5) is 5.69 Å². The summed E-state index contributed by atoms with van der Waals surface area (Å²) in [6.45, 7) is 0.207. The smallest absolute Gasteiger partial charge is 0.234 e. The topological polar surface area (TPSA) is 65.4 Å². The number of amides is 1. The molecule has 4 aromatic rings. The second kappa shape index (κ2) is 7.52. The van der Waals surface area contributed by atoms with Gasteiger partial charge in [-0.3, -0.25) is 9.36 Å². The van der Waals surface area contributed by atoms with Crippen molar-refractivity contribution < 1.29 is 14.3 Å². The average molecular weight is 403 g/mol. The average Bonchev–Trinajstić information content (AvgIpc) is 3.36. The number of hydrogen-bond acceptors (Lipinski definition) is 5. The molecule has 7 heteroatoms. The zero-order valence-electron chi connectivity index (χ0n) is 15.4. The van der Waals surface area contributed by atoms with Gasteiger partial charge < -0.3 is 14.8 Å². The summed E-state index contributed by atoms with van der Waals surface area (Å²) < 4.78 is 12.7. The molecule has 5 rings (SSSR count). The predicted octanol–water partition coefficient (Wildman–Crippen LogP) is 4.49. The molecule has 0 fully saturated rings. The van der Waals surface area contributed by atoms with Crippen LogP contribution < -0.4 is 14.8 Å². The zero-order chi connectivity index (χ0) is 19.6. The van der Waals surface area contributed by atoms with Crippen molar-refractivity contribution in [1.29, 1.82) is 0 Å². The Balaban J connectivity index is 1.36. The SMILES string of the molecule is O=C(CSc1nc2ccccc2n1-c1ccccc1)Nc1ccc2c(c1)OCO2. The lowest BCUT2D eigenvalue weighted by atomic mass is 10.3. The van der Waals surface area contributed by atoms with E-state index >= 15 is 0 Å². The molecule has 6 nitrogen and oxygen atoms in total. The number of hydrogen-bond donors (Lipinski definition) is 1. The van der Waals surface area contributed by atoms with Gasteiger partial charge in [-0.2, -0.15) is 0 Å². The van der Waals surface area contributed by atoms with Gasteiger partial charge in [0.15, 0.2) is 16.7 Å². The normalized spacial score (nSPS) is 12.3. The highest BCUT2D eigenvalue weighted by Gasteiger charge is 2.16. The lowest BCUT2D eigenvalue weighted by Crippen LogP contribution is -2.14. The van der Waals surface area contributed by atoms with Crippen molar-refractivity contribution in [2.45, 2.75) is 5.16 Å². The largest absolute Gasteiger partial charge is 0.454 e. The number of nitrogens with one attached hydrogen (secondary N) is 1. The van der Waals surface area contributed by atoms with Crippen molar-refractivity contribution in [1.82, 2.24) is 9.55 Å². The first kappa shape index (κ1) is 17.6. The van der Waals surface area contributed by atoms with E-state index in [-0.39, 0.29) is 18.5 Å². The van der Waals surface area contributed by atoms with Gasteiger partial charge in [0.25, 0.3) is 0 Å². The minimum atomic E-state index is -0.111. The number of benzene rings is 3. The Morgan fingerprint density at radius 3 is 2.69 bits per heavy atom. The minimum absolute atomic E-state index is 0.111. The van der Waals surface area contributed by atoms with Gasteiger partial charge in [-0.25, -0.2) is 4.98 Å². The van der Waals surface area contributed by atoms with E-state index in [1.165, 1.54) is 11.8 Å². The van der Waals surface area contributed by atoms with Crippen molar-refractivity contribution in [3.63, 3.8) is 0 Å². The van der Waals surface area contributed by atoms with Gasteiger partial charge in [0.1, 0.15) is 0 Å². The third-order valence-electron chi connectivity index (χ3n) is 4.53. The molecular formula is C22H17N3O3S. The first-order valence-corrected chi connectivity index (χ1v) is 10.1. The quantitative estimate of drug-likeness (QED) is 0.498. The van der Waals surface area contributed by atoms with Gasteiger partial charge in [0.2, 0.25) is 12.7 Å². The van der Waals surface area contributed by atoms with Crippen LogP contribution in [0.1, 0.15) is 0 Å². The van der Waals surface area contributed by atoms with E-state index in [0.717, 1.165) is 21.9 Å². The summed E-state index contributed by atoms with van der Waals surface area (Å²) in [4.78, 5) is 17.2. The van der Waals surface area contributed by atoms with Gasteiger partial charge in [-0.05, 0) is 36.4 Å². The maximum absolute atomic E-state index is 12.5. The molecule has 0 saturated carbocycles. The van der Waals surface area contributed by atoms with Crippen LogP contribution in [-0.4, -0.2) is 28.0 Å². The number of anilines is 1. The first-order valence-electron chi connectivity index (χ1n) is 9.13. The van der Waals surface area contributed by atoms with Crippen LogP contribution in [0.15, 0.2) is 78.0 Å². The number of nitrogens with zero attached hydrogens (tertiary/aromatic N) is 2. The van der Waals surface area contributed by atoms with E-state index in [9.17, 15) is 4.79 Å². The monoisotopic (exact) mass is 403 g/mol. The number of ether oxygens (including phenoxy) is 2. The highest BCUT2D eigenvalue weighted by atomic mass is 32.2. The second-order valence-corrected chi connectivity index (χ2v) is 7.40. The number of aromatic nitrogens is 2. The number of carbonyl (C=O) groups excluding carboxylic acids is 1. The molecule has 1 amide bonds. The first-order chi connectivity index (χ1) is 14.3. The molecule has 0 bridgehead atoms. The van der Waals surface area contributed by atoms with Gasteiger partial charge in [-0.15, -0.1) is 0 Å². The summed E-state index contributed by atoms with van der Waals surface area (Å²) >= 11 is 1.40. The Labute approximate surface area is 171 Å². The Kier molecular flexibility index (Phi) is 4.57. The molecule has 29 heavy (non-hydrogen) atoms. The molecule has 0 aliphatic carbocycles. The minimum Gasteiger partial charge on any atom is -0.454 e. The molecule has 1 aliphatic heterocycles. The van der Waals surface area contributed by atoms with Crippen LogP contribution in [0.25, 0.3) is 16.7 Å². The van der Waals surface area contributed by atoms with Crippen molar-refractivity contribution in [2.24, 2.45) is 0 Å². The van der Waals surface area contributed by atoms with Gasteiger partial charge in [0, 0.05) is 17.4 Å². The molecule has 1 N–H and O–H groups in total. The van der Waals surface area contributed by atoms with E-state index in [0.29, 0.717) is 17.2 Å². The number of para-hydroxylation sites is 3. The number of fused-ring (bicyclic) bond motifs is 2. The molecule has 3 aromatic carbocycles. The fraction of sp³-hybridized carbons (Fsp3) is 0.0909. The van der Waals surface area contributed by atoms with Crippen LogP contribution >= 0.6 is 11.8 Å². The molecule has 0 unspecified atom stereocenters. The highest BCUT2D eigenvalue weighted by Crippen LogP contribution is 2.34. The second-order valence-electron chi connectivity index (χ2n) is 6.46. The standard InChI is InChI=1S/C22H17N3O3S/c26-21(23-15-10-11-19-20(12-15)28-14-27-19)13-29-22-24-17-8-4-5-9-18(17)25(22)16-6-2-1-3-7-16/h1-12H,13-14H2,(H,23,26). The Hall–Kier alpha value is -3.45. The maximum Gasteiger partial charge on any atom is 0.234 e. The van der Waals surface area contributed by atoms with Crippen LogP contribution in [-0.2, 0) is 4.79 Å². The maximum atomic E-state index is 12.5. The summed E-state index contributed by atoms with van der Waals surface area (Å²) in [6, 6.07) is 23.4. The van der Waals surface area contributed by atoms with Crippen LogP contribution in [0.5, 0.6) is 11.5 Å². The number of thioether (sulfide) groups is 1. The Morgan fingerprint density at radius 2 is 1.79 bits per heavy atom. The summed E-state index contributed by atoms with van der Waals surface area (Å²) in [7, 11) is 0. The third-order valence-corrected chi connectivity index (χ3v) is 5.47. The number of imidazole rings is 1. The van der Waals surface area contributed by atoms with E-state index in [1.54, 1.807) is 18.2 Å². The van der Waals surface area contributed by atoms with Crippen molar-refractivity contribution in [2.75, 3.05) is 17.9 Å². The summed E-state index contributed by atoms with van der Waals surface area (Å²) in [5.41, 5.74) is 3.60. The van der Waals surface area contributed by atoms with Crippen LogP contribution in [0.2, 0.25) is 0 Å². The zero-order valence-corrected chi connectivity index (χ0v) is 16.2. The number of rotatable bonds is 5.